The summed E-state index contributed by atoms with van der Waals surface area (Å²) in [4.78, 5) is 15.0. The van der Waals surface area contributed by atoms with Gasteiger partial charge in [-0.2, -0.15) is 10.4 Å². The van der Waals surface area contributed by atoms with Crippen LogP contribution in [0.2, 0.25) is 0 Å². The molecule has 0 aliphatic rings. The van der Waals surface area contributed by atoms with E-state index in [1.807, 2.05) is 49.4 Å². The van der Waals surface area contributed by atoms with E-state index in [1.54, 1.807) is 35.1 Å². The van der Waals surface area contributed by atoms with Crippen molar-refractivity contribution < 1.29 is 9.18 Å². The summed E-state index contributed by atoms with van der Waals surface area (Å²) < 4.78 is 14.9. The lowest BCUT2D eigenvalue weighted by atomic mass is 10.0. The summed E-state index contributed by atoms with van der Waals surface area (Å²) in [7, 11) is 0. The molecule has 3 aromatic carbocycles. The Balaban J connectivity index is 1.85. The highest BCUT2D eigenvalue weighted by molar-refractivity contribution is 6.09. The molecule has 0 saturated carbocycles. The van der Waals surface area contributed by atoms with Gasteiger partial charge < -0.3 is 0 Å². The van der Waals surface area contributed by atoms with Crippen LogP contribution in [0.3, 0.4) is 0 Å². The van der Waals surface area contributed by atoms with Crippen LogP contribution < -0.4 is 4.90 Å². The molecule has 0 aliphatic heterocycles. The first-order chi connectivity index (χ1) is 15.1. The minimum Gasteiger partial charge on any atom is -0.294 e. The fourth-order valence-electron chi connectivity index (χ4n) is 3.37. The predicted octanol–water partition coefficient (Wildman–Crippen LogP) is 5.16. The van der Waals surface area contributed by atoms with Crippen molar-refractivity contribution in [2.45, 2.75) is 6.92 Å². The Labute approximate surface area is 179 Å². The van der Waals surface area contributed by atoms with Crippen molar-refractivity contribution >= 4 is 11.6 Å². The van der Waals surface area contributed by atoms with E-state index >= 15 is 0 Å². The fraction of sp³-hybridized carbons (Fsp3) is 0.0800. The molecule has 4 rings (SSSR count). The van der Waals surface area contributed by atoms with E-state index in [4.69, 9.17) is 0 Å². The van der Waals surface area contributed by atoms with Crippen molar-refractivity contribution in [2.75, 3.05) is 11.4 Å². The number of nitriles is 1. The minimum absolute atomic E-state index is 0.0994. The van der Waals surface area contributed by atoms with Crippen LogP contribution >= 0.6 is 0 Å². The van der Waals surface area contributed by atoms with Crippen molar-refractivity contribution in [3.8, 4) is 23.0 Å². The number of rotatable bonds is 5. The van der Waals surface area contributed by atoms with Crippen molar-refractivity contribution in [1.82, 2.24) is 9.78 Å². The van der Waals surface area contributed by atoms with E-state index in [-0.39, 0.29) is 18.3 Å². The maximum atomic E-state index is 13.6. The van der Waals surface area contributed by atoms with Gasteiger partial charge in [0.15, 0.2) is 0 Å². The third-order valence-electron chi connectivity index (χ3n) is 4.87. The number of anilines is 1. The third-order valence-corrected chi connectivity index (χ3v) is 4.87. The Morgan fingerprint density at radius 3 is 2.48 bits per heavy atom. The number of hydrogen-bond acceptors (Lipinski definition) is 3. The van der Waals surface area contributed by atoms with Crippen molar-refractivity contribution in [2.24, 2.45) is 0 Å². The molecule has 0 radical (unpaired) electrons. The Hall–Kier alpha value is -4.24. The first-order valence-electron chi connectivity index (χ1n) is 9.73. The molecule has 6 heteroatoms. The molecule has 4 aromatic rings. The molecule has 0 aliphatic carbocycles. The largest absolute Gasteiger partial charge is 0.294 e. The maximum absolute atomic E-state index is 13.6. The quantitative estimate of drug-likeness (QED) is 0.427. The second-order valence-corrected chi connectivity index (χ2v) is 7.07. The average molecular weight is 410 g/mol. The number of halogens is 1. The highest BCUT2D eigenvalue weighted by Gasteiger charge is 2.24. The molecule has 0 N–H and O–H groups in total. The van der Waals surface area contributed by atoms with E-state index in [1.165, 1.54) is 17.0 Å². The van der Waals surface area contributed by atoms with Gasteiger partial charge in [-0.05, 0) is 49.4 Å². The van der Waals surface area contributed by atoms with E-state index < -0.39 is 0 Å². The number of amides is 1. The van der Waals surface area contributed by atoms with Crippen molar-refractivity contribution in [3.05, 3.63) is 102 Å². The molecule has 1 aromatic heterocycles. The van der Waals surface area contributed by atoms with Gasteiger partial charge in [0, 0.05) is 17.4 Å². The second-order valence-electron chi connectivity index (χ2n) is 7.07. The van der Waals surface area contributed by atoms with Gasteiger partial charge in [0.1, 0.15) is 18.1 Å². The summed E-state index contributed by atoms with van der Waals surface area (Å²) in [5.41, 5.74) is 3.92. The van der Waals surface area contributed by atoms with E-state index in [0.29, 0.717) is 22.6 Å². The van der Waals surface area contributed by atoms with Gasteiger partial charge in [-0.25, -0.2) is 9.07 Å². The van der Waals surface area contributed by atoms with E-state index in [2.05, 4.69) is 11.2 Å². The minimum atomic E-state index is -0.351. The SMILES string of the molecule is Cc1cccc(-c2nn(-c3ccc(F)cc3)cc2C(=O)N(CC#N)c2ccccc2)c1. The summed E-state index contributed by atoms with van der Waals surface area (Å²) in [6.07, 6.45) is 1.63. The molecular formula is C25H19FN4O. The van der Waals surface area contributed by atoms with Gasteiger partial charge in [-0.1, -0.05) is 42.0 Å². The van der Waals surface area contributed by atoms with Gasteiger partial charge >= 0.3 is 0 Å². The molecular weight excluding hydrogens is 391 g/mol. The smallest absolute Gasteiger partial charge is 0.263 e. The molecule has 0 bridgehead atoms. The standard InChI is InChI=1S/C25H19FN4O/c1-18-6-5-7-19(16-18)24-23(17-30(28-24)22-12-10-20(26)11-13-22)25(31)29(15-14-27)21-8-3-2-4-9-21/h2-13,16-17H,15H2,1H3. The molecule has 152 valence electrons. The molecule has 1 amide bonds. The highest BCUT2D eigenvalue weighted by atomic mass is 19.1. The summed E-state index contributed by atoms with van der Waals surface area (Å²) in [5.74, 6) is -0.687. The van der Waals surface area contributed by atoms with Gasteiger partial charge in [0.05, 0.1) is 17.3 Å². The molecule has 0 spiro atoms. The average Bonchev–Trinajstić information content (AvgIpc) is 3.24. The first-order valence-corrected chi connectivity index (χ1v) is 9.73. The van der Waals surface area contributed by atoms with Gasteiger partial charge in [0.2, 0.25) is 0 Å². The number of carbonyl (C=O) groups excluding carboxylic acids is 1. The molecule has 0 fully saturated rings. The van der Waals surface area contributed by atoms with Crippen LogP contribution in [0.5, 0.6) is 0 Å². The zero-order valence-electron chi connectivity index (χ0n) is 16.9. The Kier molecular flexibility index (Phi) is 5.59. The zero-order valence-corrected chi connectivity index (χ0v) is 16.9. The fourth-order valence-corrected chi connectivity index (χ4v) is 3.37. The first kappa shape index (κ1) is 20.0. The summed E-state index contributed by atoms with van der Waals surface area (Å²) >= 11 is 0. The van der Waals surface area contributed by atoms with E-state index in [9.17, 15) is 14.4 Å². The normalized spacial score (nSPS) is 10.5. The lowest BCUT2D eigenvalue weighted by Crippen LogP contribution is -2.31. The number of aromatic nitrogens is 2. The summed E-state index contributed by atoms with van der Waals surface area (Å²) in [6, 6.07) is 24.7. The number of para-hydroxylation sites is 1. The number of nitrogens with zero attached hydrogens (tertiary/aromatic N) is 4. The van der Waals surface area contributed by atoms with Gasteiger partial charge in [-0.3, -0.25) is 9.69 Å². The van der Waals surface area contributed by atoms with Gasteiger partial charge in [0.25, 0.3) is 5.91 Å². The number of benzene rings is 3. The number of carbonyl (C=O) groups is 1. The van der Waals surface area contributed by atoms with Crippen molar-refractivity contribution in [1.29, 1.82) is 5.26 Å². The summed E-state index contributed by atoms with van der Waals surface area (Å²) in [5, 5.41) is 14.0. The zero-order chi connectivity index (χ0) is 21.8. The third kappa shape index (κ3) is 4.21. The van der Waals surface area contributed by atoms with Crippen LogP contribution in [0, 0.1) is 24.1 Å². The molecule has 0 saturated heterocycles. The molecule has 31 heavy (non-hydrogen) atoms. The van der Waals surface area contributed by atoms with Crippen LogP contribution in [0.15, 0.2) is 85.1 Å². The molecule has 0 atom stereocenters. The molecule has 0 unspecified atom stereocenters. The van der Waals surface area contributed by atoms with Crippen LogP contribution in [0.1, 0.15) is 15.9 Å². The highest BCUT2D eigenvalue weighted by Crippen LogP contribution is 2.27. The van der Waals surface area contributed by atoms with Crippen molar-refractivity contribution in [3.63, 3.8) is 0 Å². The Morgan fingerprint density at radius 1 is 1.06 bits per heavy atom. The lowest BCUT2D eigenvalue weighted by molar-refractivity contribution is 0.0990. The summed E-state index contributed by atoms with van der Waals surface area (Å²) in [6.45, 7) is 1.87. The topological polar surface area (TPSA) is 61.9 Å². The van der Waals surface area contributed by atoms with Crippen LogP contribution in [0.25, 0.3) is 16.9 Å². The monoisotopic (exact) mass is 410 g/mol. The second kappa shape index (κ2) is 8.64. The Bertz CT molecular complexity index is 1260. The lowest BCUT2D eigenvalue weighted by Gasteiger charge is -2.19. The number of aryl methyl sites for hydroxylation is 1. The Morgan fingerprint density at radius 2 is 1.81 bits per heavy atom. The van der Waals surface area contributed by atoms with E-state index in [0.717, 1.165) is 11.1 Å². The predicted molar refractivity (Wildman–Crippen MR) is 117 cm³/mol. The maximum Gasteiger partial charge on any atom is 0.263 e. The van der Waals surface area contributed by atoms with Gasteiger partial charge in [-0.15, -0.1) is 0 Å². The molecule has 1 heterocycles. The number of hydrogen-bond donors (Lipinski definition) is 0. The van der Waals surface area contributed by atoms with Crippen LogP contribution in [-0.2, 0) is 0 Å². The molecule has 5 nitrogen and oxygen atoms in total. The van der Waals surface area contributed by atoms with Crippen LogP contribution in [0.4, 0.5) is 10.1 Å². The van der Waals surface area contributed by atoms with Crippen LogP contribution in [-0.4, -0.2) is 22.2 Å².